The summed E-state index contributed by atoms with van der Waals surface area (Å²) in [5.41, 5.74) is 6.84. The smallest absolute Gasteiger partial charge is 0.123 e. The van der Waals surface area contributed by atoms with Crippen LogP contribution in [0.1, 0.15) is 38.8 Å². The Hall–Kier alpha value is -0.450. The molecule has 1 aromatic carbocycles. The molecule has 0 aromatic heterocycles. The third-order valence-corrected chi connectivity index (χ3v) is 4.18. The van der Waals surface area contributed by atoms with E-state index in [0.29, 0.717) is 12.6 Å². The maximum absolute atomic E-state index is 13.4. The Morgan fingerprint density at radius 2 is 2.06 bits per heavy atom. The second-order valence-electron chi connectivity index (χ2n) is 4.51. The summed E-state index contributed by atoms with van der Waals surface area (Å²) in [7, 11) is 0. The van der Waals surface area contributed by atoms with Crippen LogP contribution in [0, 0.1) is 5.82 Å². The van der Waals surface area contributed by atoms with Gasteiger partial charge in [0.15, 0.2) is 0 Å². The zero-order valence-corrected chi connectivity index (χ0v) is 12.9. The number of rotatable bonds is 6. The Morgan fingerprint density at radius 1 is 1.39 bits per heavy atom. The first kappa shape index (κ1) is 15.6. The number of nitrogens with zero attached hydrogens (tertiary/aromatic N) is 1. The summed E-state index contributed by atoms with van der Waals surface area (Å²) in [6.45, 7) is 7.84. The number of hydrogen-bond acceptors (Lipinski definition) is 2. The van der Waals surface area contributed by atoms with Crippen LogP contribution in [0.25, 0.3) is 0 Å². The topological polar surface area (TPSA) is 29.3 Å². The van der Waals surface area contributed by atoms with Gasteiger partial charge < -0.3 is 5.73 Å². The quantitative estimate of drug-likeness (QED) is 0.867. The van der Waals surface area contributed by atoms with Crippen molar-refractivity contribution in [2.75, 3.05) is 13.1 Å². The van der Waals surface area contributed by atoms with Gasteiger partial charge in [0.25, 0.3) is 0 Å². The molecule has 2 atom stereocenters. The Morgan fingerprint density at radius 3 is 2.56 bits per heavy atom. The van der Waals surface area contributed by atoms with Crippen LogP contribution in [-0.4, -0.2) is 24.0 Å². The van der Waals surface area contributed by atoms with Gasteiger partial charge in [-0.1, -0.05) is 29.8 Å². The van der Waals surface area contributed by atoms with Crippen molar-refractivity contribution in [3.8, 4) is 0 Å². The summed E-state index contributed by atoms with van der Waals surface area (Å²) < 4.78 is 14.3. The van der Waals surface area contributed by atoms with Crippen molar-refractivity contribution in [2.45, 2.75) is 39.3 Å². The fourth-order valence-electron chi connectivity index (χ4n) is 2.28. The zero-order chi connectivity index (χ0) is 13.7. The van der Waals surface area contributed by atoms with E-state index < -0.39 is 0 Å². The second kappa shape index (κ2) is 7.22. The summed E-state index contributed by atoms with van der Waals surface area (Å²) >= 11 is 3.49. The molecule has 0 saturated carbocycles. The molecule has 1 aromatic rings. The van der Waals surface area contributed by atoms with Gasteiger partial charge in [0.05, 0.1) is 0 Å². The number of hydrogen-bond donors (Lipinski definition) is 1. The molecule has 2 N–H and O–H groups in total. The fraction of sp³-hybridized carbons (Fsp3) is 0.571. The molecule has 18 heavy (non-hydrogen) atoms. The predicted octanol–water partition coefficient (Wildman–Crippen LogP) is 3.71. The number of benzene rings is 1. The monoisotopic (exact) mass is 316 g/mol. The molecule has 0 aliphatic carbocycles. The van der Waals surface area contributed by atoms with Gasteiger partial charge in [0.1, 0.15) is 5.82 Å². The maximum Gasteiger partial charge on any atom is 0.123 e. The van der Waals surface area contributed by atoms with Crippen LogP contribution in [0.3, 0.4) is 0 Å². The zero-order valence-electron chi connectivity index (χ0n) is 11.3. The molecule has 102 valence electrons. The molecule has 0 aliphatic rings. The molecule has 0 amide bonds. The third-order valence-electron chi connectivity index (χ3n) is 3.46. The van der Waals surface area contributed by atoms with Crippen LogP contribution >= 0.6 is 15.9 Å². The molecular weight excluding hydrogens is 295 g/mol. The van der Waals surface area contributed by atoms with E-state index in [1.165, 1.54) is 6.07 Å². The molecule has 0 bridgehead atoms. The maximum atomic E-state index is 13.4. The molecule has 0 fully saturated rings. The van der Waals surface area contributed by atoms with Gasteiger partial charge in [-0.15, -0.1) is 0 Å². The van der Waals surface area contributed by atoms with Crippen molar-refractivity contribution in [2.24, 2.45) is 5.73 Å². The lowest BCUT2D eigenvalue weighted by molar-refractivity contribution is 0.151. The van der Waals surface area contributed by atoms with Crippen LogP contribution in [-0.2, 0) is 0 Å². The molecule has 0 saturated heterocycles. The molecule has 0 spiro atoms. The SMILES string of the molecule is CCC(C)N(CC)C(CN)c1cc(F)ccc1Br. The van der Waals surface area contributed by atoms with Crippen molar-refractivity contribution in [3.63, 3.8) is 0 Å². The lowest BCUT2D eigenvalue weighted by Crippen LogP contribution is -2.39. The summed E-state index contributed by atoms with van der Waals surface area (Å²) in [6.07, 6.45) is 1.05. The highest BCUT2D eigenvalue weighted by atomic mass is 79.9. The highest BCUT2D eigenvalue weighted by Crippen LogP contribution is 2.29. The van der Waals surface area contributed by atoms with Crippen LogP contribution in [0.5, 0.6) is 0 Å². The number of halogens is 2. The first-order valence-corrected chi connectivity index (χ1v) is 7.25. The first-order chi connectivity index (χ1) is 8.54. The Kier molecular flexibility index (Phi) is 6.26. The molecule has 4 heteroatoms. The number of nitrogens with two attached hydrogens (primary N) is 1. The van der Waals surface area contributed by atoms with Crippen LogP contribution in [0.15, 0.2) is 22.7 Å². The van der Waals surface area contributed by atoms with E-state index in [1.54, 1.807) is 12.1 Å². The van der Waals surface area contributed by atoms with E-state index in [9.17, 15) is 4.39 Å². The van der Waals surface area contributed by atoms with Crippen molar-refractivity contribution >= 4 is 15.9 Å². The van der Waals surface area contributed by atoms with Crippen LogP contribution in [0.4, 0.5) is 4.39 Å². The third kappa shape index (κ3) is 3.53. The highest BCUT2D eigenvalue weighted by Gasteiger charge is 2.23. The molecule has 2 nitrogen and oxygen atoms in total. The normalized spacial score (nSPS) is 14.8. The largest absolute Gasteiger partial charge is 0.329 e. The average Bonchev–Trinajstić information content (AvgIpc) is 2.38. The van der Waals surface area contributed by atoms with Gasteiger partial charge in [-0.25, -0.2) is 4.39 Å². The minimum absolute atomic E-state index is 0.0509. The average molecular weight is 317 g/mol. The minimum Gasteiger partial charge on any atom is -0.329 e. The van der Waals surface area contributed by atoms with E-state index in [-0.39, 0.29) is 11.9 Å². The molecular formula is C14H22BrFN2. The van der Waals surface area contributed by atoms with Gasteiger partial charge in [-0.3, -0.25) is 4.90 Å². The highest BCUT2D eigenvalue weighted by molar-refractivity contribution is 9.10. The van der Waals surface area contributed by atoms with Crippen molar-refractivity contribution in [1.29, 1.82) is 0 Å². The standard InChI is InChI=1S/C14H22BrFN2/c1-4-10(3)18(5-2)14(9-17)12-8-11(16)6-7-13(12)15/h6-8,10,14H,4-5,9,17H2,1-3H3. The van der Waals surface area contributed by atoms with Gasteiger partial charge in [-0.05, 0) is 43.7 Å². The minimum atomic E-state index is -0.216. The second-order valence-corrected chi connectivity index (χ2v) is 5.36. The Labute approximate surface area is 117 Å². The summed E-state index contributed by atoms with van der Waals surface area (Å²) in [5.74, 6) is -0.216. The summed E-state index contributed by atoms with van der Waals surface area (Å²) in [6, 6.07) is 5.26. The summed E-state index contributed by atoms with van der Waals surface area (Å²) in [4.78, 5) is 2.32. The predicted molar refractivity (Wildman–Crippen MR) is 78.0 cm³/mol. The van der Waals surface area contributed by atoms with E-state index in [4.69, 9.17) is 5.73 Å². The lowest BCUT2D eigenvalue weighted by atomic mass is 10.0. The van der Waals surface area contributed by atoms with E-state index >= 15 is 0 Å². The molecule has 0 radical (unpaired) electrons. The Balaban J connectivity index is 3.10. The number of likely N-dealkylation sites (N-methyl/N-ethyl adjacent to an activating group) is 1. The molecule has 0 aliphatic heterocycles. The van der Waals surface area contributed by atoms with E-state index in [0.717, 1.165) is 23.0 Å². The van der Waals surface area contributed by atoms with Gasteiger partial charge in [-0.2, -0.15) is 0 Å². The molecule has 0 heterocycles. The lowest BCUT2D eigenvalue weighted by Gasteiger charge is -2.35. The van der Waals surface area contributed by atoms with Crippen LogP contribution in [0.2, 0.25) is 0 Å². The first-order valence-electron chi connectivity index (χ1n) is 6.45. The van der Waals surface area contributed by atoms with E-state index in [2.05, 4.69) is 41.6 Å². The van der Waals surface area contributed by atoms with E-state index in [1.807, 2.05) is 0 Å². The van der Waals surface area contributed by atoms with Crippen molar-refractivity contribution < 1.29 is 4.39 Å². The van der Waals surface area contributed by atoms with Crippen LogP contribution < -0.4 is 5.73 Å². The van der Waals surface area contributed by atoms with Gasteiger partial charge in [0.2, 0.25) is 0 Å². The Bertz CT molecular complexity index is 384. The summed E-state index contributed by atoms with van der Waals surface area (Å²) in [5, 5.41) is 0. The van der Waals surface area contributed by atoms with Crippen molar-refractivity contribution in [3.05, 3.63) is 34.1 Å². The van der Waals surface area contributed by atoms with Crippen molar-refractivity contribution in [1.82, 2.24) is 4.90 Å². The fourth-order valence-corrected chi connectivity index (χ4v) is 2.80. The molecule has 2 unspecified atom stereocenters. The van der Waals surface area contributed by atoms with Gasteiger partial charge >= 0.3 is 0 Å². The molecule has 1 rings (SSSR count). The van der Waals surface area contributed by atoms with Gasteiger partial charge in [0, 0.05) is 23.1 Å².